The van der Waals surface area contributed by atoms with Crippen molar-refractivity contribution in [3.8, 4) is 0 Å². The van der Waals surface area contributed by atoms with Gasteiger partial charge in [-0.15, -0.1) is 0 Å². The van der Waals surface area contributed by atoms with Gasteiger partial charge in [-0.2, -0.15) is 0 Å². The number of halogens is 1. The Kier molecular flexibility index (Phi) is 4.78. The molecule has 100 valence electrons. The van der Waals surface area contributed by atoms with E-state index in [0.717, 1.165) is 24.0 Å². The Labute approximate surface area is 117 Å². The van der Waals surface area contributed by atoms with Crippen molar-refractivity contribution in [1.29, 1.82) is 0 Å². The van der Waals surface area contributed by atoms with Crippen molar-refractivity contribution in [3.05, 3.63) is 33.8 Å². The largest absolute Gasteiger partial charge is 0.396 e. The Morgan fingerprint density at radius 1 is 1.44 bits per heavy atom. The first kappa shape index (κ1) is 14.0. The van der Waals surface area contributed by atoms with Gasteiger partial charge >= 0.3 is 0 Å². The lowest BCUT2D eigenvalue weighted by Crippen LogP contribution is -2.52. The first-order valence-corrected chi connectivity index (χ1v) is 7.09. The van der Waals surface area contributed by atoms with Crippen LogP contribution >= 0.6 is 15.9 Å². The molecule has 3 nitrogen and oxygen atoms in total. The Balaban J connectivity index is 1.76. The van der Waals surface area contributed by atoms with E-state index in [2.05, 4.69) is 46.4 Å². The number of aliphatic hydroxyl groups is 1. The number of hydrogen-bond donors (Lipinski definition) is 2. The van der Waals surface area contributed by atoms with Crippen molar-refractivity contribution in [2.75, 3.05) is 32.9 Å². The standard InChI is InChI=1S/C14H20BrNO2/c1-11-2-3-13(15)6-12(11)4-5-16-7-14(8-17)9-18-10-14/h2-3,6,16-17H,4-5,7-10H2,1H3. The number of aliphatic hydroxyl groups excluding tert-OH is 1. The average molecular weight is 314 g/mol. The molecule has 1 aliphatic rings. The summed E-state index contributed by atoms with van der Waals surface area (Å²) >= 11 is 3.50. The number of nitrogens with one attached hydrogen (secondary N) is 1. The third-order valence-corrected chi connectivity index (χ3v) is 4.03. The van der Waals surface area contributed by atoms with Crippen LogP contribution < -0.4 is 5.32 Å². The van der Waals surface area contributed by atoms with Gasteiger partial charge in [-0.25, -0.2) is 0 Å². The maximum Gasteiger partial charge on any atom is 0.0579 e. The van der Waals surface area contributed by atoms with E-state index in [9.17, 15) is 5.11 Å². The molecule has 2 rings (SSSR count). The molecule has 1 aromatic carbocycles. The Hall–Kier alpha value is -0.420. The number of rotatable bonds is 6. The Bertz CT molecular complexity index is 399. The molecule has 0 amide bonds. The highest BCUT2D eigenvalue weighted by Gasteiger charge is 2.37. The van der Waals surface area contributed by atoms with Crippen LogP contribution in [0.1, 0.15) is 11.1 Å². The summed E-state index contributed by atoms with van der Waals surface area (Å²) in [5, 5.41) is 12.7. The molecule has 1 heterocycles. The molecule has 4 heteroatoms. The van der Waals surface area contributed by atoms with Crippen LogP contribution in [0.4, 0.5) is 0 Å². The van der Waals surface area contributed by atoms with Crippen molar-refractivity contribution in [2.45, 2.75) is 13.3 Å². The lowest BCUT2D eigenvalue weighted by Gasteiger charge is -2.40. The highest BCUT2D eigenvalue weighted by Crippen LogP contribution is 2.25. The number of benzene rings is 1. The number of hydrogen-bond acceptors (Lipinski definition) is 3. The van der Waals surface area contributed by atoms with Crippen LogP contribution in [0.25, 0.3) is 0 Å². The molecular formula is C14H20BrNO2. The van der Waals surface area contributed by atoms with Gasteiger partial charge in [0, 0.05) is 11.0 Å². The molecule has 1 aliphatic heterocycles. The van der Waals surface area contributed by atoms with Gasteiger partial charge in [0.1, 0.15) is 0 Å². The van der Waals surface area contributed by atoms with Crippen LogP contribution in [0, 0.1) is 12.3 Å². The first-order valence-electron chi connectivity index (χ1n) is 6.30. The summed E-state index contributed by atoms with van der Waals surface area (Å²) in [6.07, 6.45) is 1.01. The summed E-state index contributed by atoms with van der Waals surface area (Å²) in [6.45, 7) is 5.45. The highest BCUT2D eigenvalue weighted by molar-refractivity contribution is 9.10. The second kappa shape index (κ2) is 6.15. The molecular weight excluding hydrogens is 294 g/mol. The predicted molar refractivity (Wildman–Crippen MR) is 75.8 cm³/mol. The SMILES string of the molecule is Cc1ccc(Br)cc1CCNCC1(CO)COC1. The van der Waals surface area contributed by atoms with E-state index >= 15 is 0 Å². The zero-order chi connectivity index (χ0) is 13.0. The fourth-order valence-electron chi connectivity index (χ4n) is 2.13. The lowest BCUT2D eigenvalue weighted by atomic mass is 9.87. The molecule has 0 radical (unpaired) electrons. The van der Waals surface area contributed by atoms with Crippen LogP contribution in [0.2, 0.25) is 0 Å². The van der Waals surface area contributed by atoms with E-state index in [-0.39, 0.29) is 12.0 Å². The van der Waals surface area contributed by atoms with E-state index in [0.29, 0.717) is 13.2 Å². The van der Waals surface area contributed by atoms with Gasteiger partial charge in [0.05, 0.1) is 25.2 Å². The Morgan fingerprint density at radius 3 is 2.83 bits per heavy atom. The van der Waals surface area contributed by atoms with E-state index in [1.54, 1.807) is 0 Å². The maximum absolute atomic E-state index is 9.31. The fourth-order valence-corrected chi connectivity index (χ4v) is 2.53. The molecule has 1 fully saturated rings. The monoisotopic (exact) mass is 313 g/mol. The summed E-state index contributed by atoms with van der Waals surface area (Å²) in [6, 6.07) is 6.37. The van der Waals surface area contributed by atoms with Crippen LogP contribution in [0.3, 0.4) is 0 Å². The topological polar surface area (TPSA) is 41.5 Å². The molecule has 0 saturated carbocycles. The summed E-state index contributed by atoms with van der Waals surface area (Å²) in [5.74, 6) is 0. The fraction of sp³-hybridized carbons (Fsp3) is 0.571. The smallest absolute Gasteiger partial charge is 0.0579 e. The summed E-state index contributed by atoms with van der Waals surface area (Å²) in [4.78, 5) is 0. The van der Waals surface area contributed by atoms with Gasteiger partial charge in [-0.3, -0.25) is 0 Å². The average Bonchev–Trinajstić information content (AvgIpc) is 2.31. The first-order chi connectivity index (χ1) is 8.65. The van der Waals surface area contributed by atoms with E-state index < -0.39 is 0 Å². The minimum Gasteiger partial charge on any atom is -0.396 e. The van der Waals surface area contributed by atoms with Crippen molar-refractivity contribution in [1.82, 2.24) is 5.32 Å². The second-order valence-corrected chi connectivity index (χ2v) is 6.06. The van der Waals surface area contributed by atoms with Crippen LogP contribution in [0.5, 0.6) is 0 Å². The van der Waals surface area contributed by atoms with E-state index in [1.165, 1.54) is 11.1 Å². The minimum atomic E-state index is -0.0354. The summed E-state index contributed by atoms with van der Waals surface area (Å²) in [5.41, 5.74) is 2.65. The minimum absolute atomic E-state index is 0.0354. The normalized spacial score (nSPS) is 17.5. The zero-order valence-electron chi connectivity index (χ0n) is 10.7. The molecule has 0 bridgehead atoms. The van der Waals surface area contributed by atoms with Gasteiger partial charge in [0.25, 0.3) is 0 Å². The third kappa shape index (κ3) is 3.32. The van der Waals surface area contributed by atoms with Crippen LogP contribution in [-0.4, -0.2) is 38.0 Å². The summed E-state index contributed by atoms with van der Waals surface area (Å²) < 4.78 is 6.30. The van der Waals surface area contributed by atoms with E-state index in [1.807, 2.05) is 0 Å². The molecule has 18 heavy (non-hydrogen) atoms. The number of aryl methyl sites for hydroxylation is 1. The number of ether oxygens (including phenoxy) is 1. The van der Waals surface area contributed by atoms with Crippen molar-refractivity contribution < 1.29 is 9.84 Å². The summed E-state index contributed by atoms with van der Waals surface area (Å²) in [7, 11) is 0. The van der Waals surface area contributed by atoms with Crippen molar-refractivity contribution in [2.24, 2.45) is 5.41 Å². The third-order valence-electron chi connectivity index (χ3n) is 3.53. The van der Waals surface area contributed by atoms with Gasteiger partial charge in [-0.1, -0.05) is 22.0 Å². The molecule has 0 unspecified atom stereocenters. The molecule has 0 atom stereocenters. The van der Waals surface area contributed by atoms with E-state index in [4.69, 9.17) is 4.74 Å². The lowest BCUT2D eigenvalue weighted by molar-refractivity contribution is -0.134. The predicted octanol–water partition coefficient (Wildman–Crippen LogP) is 1.90. The van der Waals surface area contributed by atoms with Crippen LogP contribution in [0.15, 0.2) is 22.7 Å². The quantitative estimate of drug-likeness (QED) is 0.788. The van der Waals surface area contributed by atoms with Gasteiger partial charge in [0.15, 0.2) is 0 Å². The molecule has 1 saturated heterocycles. The molecule has 2 N–H and O–H groups in total. The molecule has 1 aromatic rings. The van der Waals surface area contributed by atoms with Gasteiger partial charge in [-0.05, 0) is 43.1 Å². The zero-order valence-corrected chi connectivity index (χ0v) is 12.3. The van der Waals surface area contributed by atoms with Crippen molar-refractivity contribution >= 4 is 15.9 Å². The van der Waals surface area contributed by atoms with Crippen molar-refractivity contribution in [3.63, 3.8) is 0 Å². The maximum atomic E-state index is 9.31. The van der Waals surface area contributed by atoms with Crippen LogP contribution in [-0.2, 0) is 11.2 Å². The second-order valence-electron chi connectivity index (χ2n) is 5.15. The van der Waals surface area contributed by atoms with Gasteiger partial charge in [0.2, 0.25) is 0 Å². The molecule has 0 aromatic heterocycles. The molecule has 0 spiro atoms. The van der Waals surface area contributed by atoms with Gasteiger partial charge < -0.3 is 15.2 Å². The molecule has 0 aliphatic carbocycles. The highest BCUT2D eigenvalue weighted by atomic mass is 79.9. The Morgan fingerprint density at radius 2 is 2.22 bits per heavy atom.